The molecule has 1 aliphatic heterocycles. The minimum Gasteiger partial charge on any atom is -0.478 e. The van der Waals surface area contributed by atoms with Crippen LogP contribution in [0.5, 0.6) is 0 Å². The van der Waals surface area contributed by atoms with Gasteiger partial charge in [0.05, 0.1) is 5.56 Å². The van der Waals surface area contributed by atoms with Crippen LogP contribution in [-0.4, -0.2) is 66.4 Å². The molecule has 0 unspecified atom stereocenters. The van der Waals surface area contributed by atoms with Crippen LogP contribution in [0.2, 0.25) is 0 Å². The molecule has 1 aromatic heterocycles. The maximum atomic E-state index is 11.5. The SMILES string of the molecule is CC(C)Nc1nc(N2CCN(C)CC2)cc(C(=O)O)c1C=N. The molecule has 2 rings (SSSR count). The lowest BCUT2D eigenvalue weighted by Gasteiger charge is -2.33. The number of likely N-dealkylation sites (N-methyl/N-ethyl adjacent to an activating group) is 1. The van der Waals surface area contributed by atoms with Crippen LogP contribution in [0.4, 0.5) is 11.6 Å². The summed E-state index contributed by atoms with van der Waals surface area (Å²) in [5.74, 6) is 0.0705. The van der Waals surface area contributed by atoms with E-state index in [-0.39, 0.29) is 11.6 Å². The molecule has 7 heteroatoms. The highest BCUT2D eigenvalue weighted by Gasteiger charge is 2.21. The number of carboxylic acid groups (broad SMARTS) is 1. The highest BCUT2D eigenvalue weighted by atomic mass is 16.4. The first-order valence-electron chi connectivity index (χ1n) is 7.41. The predicted octanol–water partition coefficient (Wildman–Crippen LogP) is 1.35. The van der Waals surface area contributed by atoms with Crippen LogP contribution in [0, 0.1) is 5.41 Å². The molecule has 0 amide bonds. The van der Waals surface area contributed by atoms with Crippen LogP contribution in [-0.2, 0) is 0 Å². The van der Waals surface area contributed by atoms with Gasteiger partial charge in [-0.3, -0.25) is 0 Å². The average molecular weight is 305 g/mol. The molecule has 0 radical (unpaired) electrons. The van der Waals surface area contributed by atoms with Crippen LogP contribution in [0.15, 0.2) is 6.07 Å². The second kappa shape index (κ2) is 6.74. The van der Waals surface area contributed by atoms with Crippen LogP contribution < -0.4 is 10.2 Å². The van der Waals surface area contributed by atoms with Gasteiger partial charge in [0.25, 0.3) is 0 Å². The molecular weight excluding hydrogens is 282 g/mol. The summed E-state index contributed by atoms with van der Waals surface area (Å²) >= 11 is 0. The Bertz CT molecular complexity index is 565. The summed E-state index contributed by atoms with van der Waals surface area (Å²) < 4.78 is 0. The Morgan fingerprint density at radius 1 is 1.41 bits per heavy atom. The Labute approximate surface area is 130 Å². The topological polar surface area (TPSA) is 92.6 Å². The fraction of sp³-hybridized carbons (Fsp3) is 0.533. The van der Waals surface area contributed by atoms with Crippen molar-refractivity contribution in [1.82, 2.24) is 9.88 Å². The maximum Gasteiger partial charge on any atom is 0.336 e. The number of carboxylic acids is 1. The number of anilines is 2. The smallest absolute Gasteiger partial charge is 0.336 e. The van der Waals surface area contributed by atoms with Crippen molar-refractivity contribution in [2.45, 2.75) is 19.9 Å². The minimum absolute atomic E-state index is 0.107. The molecule has 7 nitrogen and oxygen atoms in total. The molecule has 1 aromatic rings. The Morgan fingerprint density at radius 3 is 2.55 bits per heavy atom. The Hall–Kier alpha value is -2.15. The number of hydrogen-bond acceptors (Lipinski definition) is 6. The second-order valence-corrected chi connectivity index (χ2v) is 5.83. The van der Waals surface area contributed by atoms with Gasteiger partial charge in [0.15, 0.2) is 0 Å². The number of carbonyl (C=O) groups is 1. The van der Waals surface area contributed by atoms with Gasteiger partial charge in [0.1, 0.15) is 11.6 Å². The van der Waals surface area contributed by atoms with Gasteiger partial charge < -0.3 is 25.6 Å². The predicted molar refractivity (Wildman–Crippen MR) is 87.6 cm³/mol. The lowest BCUT2D eigenvalue weighted by Crippen LogP contribution is -2.45. The fourth-order valence-corrected chi connectivity index (χ4v) is 2.45. The van der Waals surface area contributed by atoms with E-state index in [4.69, 9.17) is 5.41 Å². The first-order chi connectivity index (χ1) is 10.4. The van der Waals surface area contributed by atoms with Gasteiger partial charge in [0.2, 0.25) is 0 Å². The molecule has 0 atom stereocenters. The largest absolute Gasteiger partial charge is 0.478 e. The molecular formula is C15H23N5O2. The van der Waals surface area contributed by atoms with Crippen molar-refractivity contribution in [3.8, 4) is 0 Å². The summed E-state index contributed by atoms with van der Waals surface area (Å²) in [6, 6.07) is 1.68. The van der Waals surface area contributed by atoms with E-state index in [9.17, 15) is 9.90 Å². The van der Waals surface area contributed by atoms with Crippen LogP contribution in [0.1, 0.15) is 29.8 Å². The van der Waals surface area contributed by atoms with Crippen molar-refractivity contribution in [3.63, 3.8) is 0 Å². The standard InChI is InChI=1S/C15H23N5O2/c1-10(2)17-14-12(9-16)11(15(21)22)8-13(18-14)20-6-4-19(3)5-7-20/h8-10,16H,4-7H2,1-3H3,(H,17,18)(H,21,22). The highest BCUT2D eigenvalue weighted by Crippen LogP contribution is 2.24. The molecule has 120 valence electrons. The van der Waals surface area contributed by atoms with E-state index in [1.54, 1.807) is 6.07 Å². The molecule has 3 N–H and O–H groups in total. The second-order valence-electron chi connectivity index (χ2n) is 5.83. The van der Waals surface area contributed by atoms with Crippen molar-refractivity contribution in [2.75, 3.05) is 43.4 Å². The molecule has 1 fully saturated rings. The third-order valence-electron chi connectivity index (χ3n) is 3.67. The average Bonchev–Trinajstić information content (AvgIpc) is 2.46. The first-order valence-corrected chi connectivity index (χ1v) is 7.41. The van der Waals surface area contributed by atoms with Crippen LogP contribution in [0.25, 0.3) is 0 Å². The zero-order chi connectivity index (χ0) is 16.3. The number of hydrogen-bond donors (Lipinski definition) is 3. The first kappa shape index (κ1) is 16.2. The van der Waals surface area contributed by atoms with E-state index >= 15 is 0 Å². The molecule has 0 aliphatic carbocycles. The number of aromatic carboxylic acids is 1. The normalized spacial score (nSPS) is 15.9. The molecule has 0 spiro atoms. The molecule has 1 saturated heterocycles. The van der Waals surface area contributed by atoms with Gasteiger partial charge in [-0.15, -0.1) is 0 Å². The Balaban J connectivity index is 2.44. The molecule has 2 heterocycles. The quantitative estimate of drug-likeness (QED) is 0.711. The van der Waals surface area contributed by atoms with E-state index in [1.807, 2.05) is 13.8 Å². The van der Waals surface area contributed by atoms with Crippen LogP contribution in [0.3, 0.4) is 0 Å². The number of nitrogens with one attached hydrogen (secondary N) is 2. The zero-order valence-corrected chi connectivity index (χ0v) is 13.3. The lowest BCUT2D eigenvalue weighted by atomic mass is 10.1. The lowest BCUT2D eigenvalue weighted by molar-refractivity contribution is 0.0696. The van der Waals surface area contributed by atoms with Crippen LogP contribution >= 0.6 is 0 Å². The third kappa shape index (κ3) is 3.54. The monoisotopic (exact) mass is 305 g/mol. The molecule has 0 saturated carbocycles. The summed E-state index contributed by atoms with van der Waals surface area (Å²) in [6.07, 6.45) is 1.05. The molecule has 22 heavy (non-hydrogen) atoms. The van der Waals surface area contributed by atoms with Gasteiger partial charge in [-0.1, -0.05) is 0 Å². The Kier molecular flexibility index (Phi) is 4.97. The van der Waals surface area contributed by atoms with Gasteiger partial charge in [-0.05, 0) is 27.0 Å². The molecule has 0 aromatic carbocycles. The summed E-state index contributed by atoms with van der Waals surface area (Å²) in [7, 11) is 2.07. The molecule has 0 bridgehead atoms. The number of nitrogens with zero attached hydrogens (tertiary/aromatic N) is 3. The third-order valence-corrected chi connectivity index (χ3v) is 3.67. The van der Waals surface area contributed by atoms with Gasteiger partial charge in [0, 0.05) is 44.0 Å². The molecule has 1 aliphatic rings. The van der Waals surface area contributed by atoms with E-state index in [0.717, 1.165) is 32.4 Å². The fourth-order valence-electron chi connectivity index (χ4n) is 2.45. The van der Waals surface area contributed by atoms with E-state index in [0.29, 0.717) is 17.2 Å². The van der Waals surface area contributed by atoms with Gasteiger partial charge >= 0.3 is 5.97 Å². The number of aromatic nitrogens is 1. The van der Waals surface area contributed by atoms with E-state index in [1.165, 1.54) is 0 Å². The summed E-state index contributed by atoms with van der Waals surface area (Å²) in [6.45, 7) is 7.38. The summed E-state index contributed by atoms with van der Waals surface area (Å²) in [4.78, 5) is 20.4. The van der Waals surface area contributed by atoms with Crippen molar-refractivity contribution < 1.29 is 9.90 Å². The van der Waals surface area contributed by atoms with Crippen molar-refractivity contribution >= 4 is 23.8 Å². The van der Waals surface area contributed by atoms with Crippen molar-refractivity contribution in [3.05, 3.63) is 17.2 Å². The van der Waals surface area contributed by atoms with E-state index in [2.05, 4.69) is 27.1 Å². The zero-order valence-electron chi connectivity index (χ0n) is 13.3. The number of pyridine rings is 1. The van der Waals surface area contributed by atoms with Crippen molar-refractivity contribution in [1.29, 1.82) is 5.41 Å². The van der Waals surface area contributed by atoms with Gasteiger partial charge in [-0.25, -0.2) is 9.78 Å². The van der Waals surface area contributed by atoms with Gasteiger partial charge in [-0.2, -0.15) is 0 Å². The summed E-state index contributed by atoms with van der Waals surface area (Å²) in [5.41, 5.74) is 0.432. The maximum absolute atomic E-state index is 11.5. The van der Waals surface area contributed by atoms with Crippen molar-refractivity contribution in [2.24, 2.45) is 0 Å². The minimum atomic E-state index is -1.04. The highest BCUT2D eigenvalue weighted by molar-refractivity contribution is 6.01. The Morgan fingerprint density at radius 2 is 2.05 bits per heavy atom. The van der Waals surface area contributed by atoms with E-state index < -0.39 is 5.97 Å². The summed E-state index contributed by atoms with van der Waals surface area (Å²) in [5, 5.41) is 20.1. The number of piperazine rings is 1. The number of rotatable bonds is 5.